The summed E-state index contributed by atoms with van der Waals surface area (Å²) in [6.45, 7) is 10.2. The Bertz CT molecular complexity index is 340. The normalized spacial score (nSPS) is 20.4. The minimum Gasteiger partial charge on any atom is -0.317 e. The van der Waals surface area contributed by atoms with Crippen LogP contribution in [-0.4, -0.2) is 24.6 Å². The molecule has 0 unspecified atom stereocenters. The molecule has 0 aromatic carbocycles. The van der Waals surface area contributed by atoms with Crippen LogP contribution in [0.2, 0.25) is 0 Å². The standard InChI is InChI=1S/C13H23N3S/c1-12(2,11-15-8-9-17-11)16-10-13(3)4-6-14-7-5-13/h8-9,14,16H,4-7,10H2,1-3H3. The van der Waals surface area contributed by atoms with E-state index in [1.807, 2.05) is 11.6 Å². The van der Waals surface area contributed by atoms with E-state index in [-0.39, 0.29) is 5.54 Å². The van der Waals surface area contributed by atoms with Gasteiger partial charge >= 0.3 is 0 Å². The van der Waals surface area contributed by atoms with Crippen LogP contribution in [0.3, 0.4) is 0 Å². The summed E-state index contributed by atoms with van der Waals surface area (Å²) in [5.74, 6) is 0. The van der Waals surface area contributed by atoms with Crippen LogP contribution in [-0.2, 0) is 5.54 Å². The van der Waals surface area contributed by atoms with Crippen LogP contribution < -0.4 is 10.6 Å². The predicted octanol–water partition coefficient (Wildman–Crippen LogP) is 2.36. The first kappa shape index (κ1) is 13.0. The summed E-state index contributed by atoms with van der Waals surface area (Å²) in [6.07, 6.45) is 4.40. The molecule has 0 aliphatic carbocycles. The van der Waals surface area contributed by atoms with Crippen molar-refractivity contribution in [3.63, 3.8) is 0 Å². The molecule has 2 heterocycles. The molecule has 1 aromatic rings. The fraction of sp³-hybridized carbons (Fsp3) is 0.769. The largest absolute Gasteiger partial charge is 0.317 e. The number of nitrogens with one attached hydrogen (secondary N) is 2. The summed E-state index contributed by atoms with van der Waals surface area (Å²) in [4.78, 5) is 4.42. The van der Waals surface area contributed by atoms with Gasteiger partial charge in [0.25, 0.3) is 0 Å². The average molecular weight is 253 g/mol. The summed E-state index contributed by atoms with van der Waals surface area (Å²) in [5, 5.41) is 10.3. The summed E-state index contributed by atoms with van der Waals surface area (Å²) in [7, 11) is 0. The van der Waals surface area contributed by atoms with E-state index >= 15 is 0 Å². The molecule has 0 amide bonds. The number of piperidine rings is 1. The van der Waals surface area contributed by atoms with E-state index in [2.05, 4.69) is 36.4 Å². The zero-order chi connectivity index (χ0) is 12.4. The molecule has 3 nitrogen and oxygen atoms in total. The van der Waals surface area contributed by atoms with E-state index in [4.69, 9.17) is 0 Å². The SMILES string of the molecule is CC1(CNC(C)(C)c2nccs2)CCNCC1. The molecular weight excluding hydrogens is 230 g/mol. The van der Waals surface area contributed by atoms with E-state index in [1.54, 1.807) is 11.3 Å². The van der Waals surface area contributed by atoms with Crippen molar-refractivity contribution in [2.24, 2.45) is 5.41 Å². The van der Waals surface area contributed by atoms with Gasteiger partial charge in [-0.3, -0.25) is 0 Å². The minimum absolute atomic E-state index is 0.0119. The van der Waals surface area contributed by atoms with Gasteiger partial charge in [-0.05, 0) is 45.2 Å². The van der Waals surface area contributed by atoms with Crippen LogP contribution in [0.1, 0.15) is 38.6 Å². The number of rotatable bonds is 4. The fourth-order valence-corrected chi connectivity index (χ4v) is 2.99. The second-order valence-corrected chi connectivity index (χ2v) is 6.77. The monoisotopic (exact) mass is 253 g/mol. The Balaban J connectivity index is 1.93. The molecule has 0 radical (unpaired) electrons. The van der Waals surface area contributed by atoms with Gasteiger partial charge in [0.1, 0.15) is 5.01 Å². The van der Waals surface area contributed by atoms with E-state index in [9.17, 15) is 0 Å². The molecule has 2 rings (SSSR count). The Morgan fingerprint density at radius 2 is 2.18 bits per heavy atom. The Labute approximate surface area is 108 Å². The number of hydrogen-bond acceptors (Lipinski definition) is 4. The second-order valence-electron chi connectivity index (χ2n) is 5.88. The lowest BCUT2D eigenvalue weighted by Crippen LogP contribution is -2.46. The zero-order valence-corrected chi connectivity index (χ0v) is 11.9. The lowest BCUT2D eigenvalue weighted by atomic mass is 9.80. The molecule has 1 aliphatic rings. The van der Waals surface area contributed by atoms with Gasteiger partial charge in [0.05, 0.1) is 5.54 Å². The molecule has 17 heavy (non-hydrogen) atoms. The first-order valence-corrected chi connectivity index (χ1v) is 7.26. The highest BCUT2D eigenvalue weighted by atomic mass is 32.1. The third-order valence-electron chi connectivity index (χ3n) is 3.73. The van der Waals surface area contributed by atoms with Crippen LogP contribution in [0.5, 0.6) is 0 Å². The predicted molar refractivity (Wildman–Crippen MR) is 73.4 cm³/mol. The van der Waals surface area contributed by atoms with Crippen LogP contribution in [0.4, 0.5) is 0 Å². The lowest BCUT2D eigenvalue weighted by molar-refractivity contribution is 0.196. The highest BCUT2D eigenvalue weighted by Gasteiger charge is 2.30. The molecule has 4 heteroatoms. The van der Waals surface area contributed by atoms with Crippen molar-refractivity contribution in [3.05, 3.63) is 16.6 Å². The van der Waals surface area contributed by atoms with Crippen molar-refractivity contribution in [3.8, 4) is 0 Å². The molecule has 0 atom stereocenters. The van der Waals surface area contributed by atoms with Crippen LogP contribution in [0.25, 0.3) is 0 Å². The summed E-state index contributed by atoms with van der Waals surface area (Å²) >= 11 is 1.73. The number of aromatic nitrogens is 1. The lowest BCUT2D eigenvalue weighted by Gasteiger charge is -2.37. The molecule has 0 bridgehead atoms. The molecule has 1 aromatic heterocycles. The smallest absolute Gasteiger partial charge is 0.112 e. The van der Waals surface area contributed by atoms with E-state index in [0.717, 1.165) is 19.6 Å². The van der Waals surface area contributed by atoms with Gasteiger partial charge in [-0.2, -0.15) is 0 Å². The third kappa shape index (κ3) is 3.27. The fourth-order valence-electron chi connectivity index (χ4n) is 2.25. The third-order valence-corrected chi connectivity index (χ3v) is 4.83. The molecule has 96 valence electrons. The van der Waals surface area contributed by atoms with Crippen LogP contribution in [0, 0.1) is 5.41 Å². The molecule has 0 spiro atoms. The highest BCUT2D eigenvalue weighted by molar-refractivity contribution is 7.09. The molecule has 1 saturated heterocycles. The number of thiazole rings is 1. The molecule has 1 aliphatic heterocycles. The number of hydrogen-bond donors (Lipinski definition) is 2. The zero-order valence-electron chi connectivity index (χ0n) is 11.0. The van der Waals surface area contributed by atoms with Crippen LogP contribution in [0.15, 0.2) is 11.6 Å². The van der Waals surface area contributed by atoms with Gasteiger partial charge in [0, 0.05) is 18.1 Å². The Morgan fingerprint density at radius 1 is 1.47 bits per heavy atom. The van der Waals surface area contributed by atoms with Gasteiger partial charge in [-0.1, -0.05) is 6.92 Å². The molecule has 2 N–H and O–H groups in total. The summed E-state index contributed by atoms with van der Waals surface area (Å²) in [5.41, 5.74) is 0.418. The van der Waals surface area contributed by atoms with Gasteiger partial charge in [-0.25, -0.2) is 4.98 Å². The molecule has 1 fully saturated rings. The maximum Gasteiger partial charge on any atom is 0.112 e. The van der Waals surface area contributed by atoms with Gasteiger partial charge in [0.15, 0.2) is 0 Å². The summed E-state index contributed by atoms with van der Waals surface area (Å²) in [6, 6.07) is 0. The van der Waals surface area contributed by atoms with Crippen molar-refractivity contribution in [2.75, 3.05) is 19.6 Å². The Hall–Kier alpha value is -0.450. The van der Waals surface area contributed by atoms with Gasteiger partial charge in [0.2, 0.25) is 0 Å². The van der Waals surface area contributed by atoms with Crippen molar-refractivity contribution in [1.82, 2.24) is 15.6 Å². The second kappa shape index (κ2) is 5.04. The Morgan fingerprint density at radius 3 is 2.76 bits per heavy atom. The highest BCUT2D eigenvalue weighted by Crippen LogP contribution is 2.29. The maximum absolute atomic E-state index is 4.42. The maximum atomic E-state index is 4.42. The summed E-state index contributed by atoms with van der Waals surface area (Å²) < 4.78 is 0. The molecule has 0 saturated carbocycles. The van der Waals surface area contributed by atoms with Gasteiger partial charge < -0.3 is 10.6 Å². The average Bonchev–Trinajstić information content (AvgIpc) is 2.82. The van der Waals surface area contributed by atoms with E-state index in [0.29, 0.717) is 5.41 Å². The van der Waals surface area contributed by atoms with Gasteiger partial charge in [-0.15, -0.1) is 11.3 Å². The van der Waals surface area contributed by atoms with E-state index in [1.165, 1.54) is 17.8 Å². The van der Waals surface area contributed by atoms with E-state index < -0.39 is 0 Å². The van der Waals surface area contributed by atoms with Crippen molar-refractivity contribution >= 4 is 11.3 Å². The molecular formula is C13H23N3S. The van der Waals surface area contributed by atoms with Crippen molar-refractivity contribution in [2.45, 2.75) is 39.2 Å². The van der Waals surface area contributed by atoms with Crippen molar-refractivity contribution < 1.29 is 0 Å². The van der Waals surface area contributed by atoms with Crippen molar-refractivity contribution in [1.29, 1.82) is 0 Å². The van der Waals surface area contributed by atoms with Crippen LogP contribution >= 0.6 is 11.3 Å². The Kier molecular flexibility index (Phi) is 3.85. The minimum atomic E-state index is -0.0119. The number of nitrogens with zero attached hydrogens (tertiary/aromatic N) is 1. The first-order valence-electron chi connectivity index (χ1n) is 6.38. The quantitative estimate of drug-likeness (QED) is 0.865. The first-order chi connectivity index (χ1) is 8.02. The topological polar surface area (TPSA) is 37.0 Å².